The number of methoxy groups -OCH3 is 1. The Bertz CT molecular complexity index is 864. The third-order valence-corrected chi connectivity index (χ3v) is 5.87. The van der Waals surface area contributed by atoms with Gasteiger partial charge in [0, 0.05) is 0 Å². The zero-order chi connectivity index (χ0) is 18.1. The van der Waals surface area contributed by atoms with Gasteiger partial charge in [-0.05, 0) is 48.2 Å². The van der Waals surface area contributed by atoms with Crippen molar-refractivity contribution in [3.05, 3.63) is 51.5 Å². The van der Waals surface area contributed by atoms with Crippen molar-refractivity contribution < 1.29 is 13.2 Å². The molecule has 0 saturated carbocycles. The van der Waals surface area contributed by atoms with E-state index in [-0.39, 0.29) is 32.3 Å². The zero-order valence-electron chi connectivity index (χ0n) is 13.9. The van der Waals surface area contributed by atoms with Gasteiger partial charge < -0.3 is 4.74 Å². The second-order valence-corrected chi connectivity index (χ2v) is 8.16. The first-order valence-electron chi connectivity index (χ1n) is 7.32. The number of halogens is 2. The van der Waals surface area contributed by atoms with Crippen LogP contribution < -0.4 is 9.46 Å². The van der Waals surface area contributed by atoms with Crippen LogP contribution >= 0.6 is 23.2 Å². The van der Waals surface area contributed by atoms with Gasteiger partial charge in [-0.3, -0.25) is 4.72 Å². The molecule has 0 radical (unpaired) electrons. The minimum absolute atomic E-state index is 0.0651. The van der Waals surface area contributed by atoms with Crippen LogP contribution in [0.2, 0.25) is 10.0 Å². The molecule has 0 unspecified atom stereocenters. The van der Waals surface area contributed by atoms with E-state index in [1.165, 1.54) is 7.11 Å². The van der Waals surface area contributed by atoms with Crippen LogP contribution in [0.25, 0.3) is 0 Å². The van der Waals surface area contributed by atoms with Gasteiger partial charge in [0.25, 0.3) is 10.0 Å². The number of nitrogens with one attached hydrogen (secondary N) is 1. The highest BCUT2D eigenvalue weighted by atomic mass is 35.5. The van der Waals surface area contributed by atoms with Gasteiger partial charge in [-0.15, -0.1) is 0 Å². The number of aryl methyl sites for hydroxylation is 1. The molecular formula is C17H19Cl2NO3S. The third-order valence-electron chi connectivity index (χ3n) is 3.66. The normalized spacial score (nSPS) is 11.6. The Morgan fingerprint density at radius 2 is 1.83 bits per heavy atom. The Morgan fingerprint density at radius 1 is 1.17 bits per heavy atom. The van der Waals surface area contributed by atoms with Crippen molar-refractivity contribution in [2.75, 3.05) is 11.8 Å². The Morgan fingerprint density at radius 3 is 2.42 bits per heavy atom. The smallest absolute Gasteiger partial charge is 0.265 e. The quantitative estimate of drug-likeness (QED) is 0.763. The van der Waals surface area contributed by atoms with Crippen LogP contribution in [0.4, 0.5) is 5.69 Å². The molecule has 130 valence electrons. The van der Waals surface area contributed by atoms with Gasteiger partial charge in [-0.2, -0.15) is 0 Å². The van der Waals surface area contributed by atoms with Crippen molar-refractivity contribution in [3.63, 3.8) is 0 Å². The van der Waals surface area contributed by atoms with E-state index in [0.717, 1.165) is 11.1 Å². The number of sulfonamides is 1. The second-order valence-electron chi connectivity index (χ2n) is 5.72. The van der Waals surface area contributed by atoms with E-state index in [2.05, 4.69) is 4.72 Å². The van der Waals surface area contributed by atoms with E-state index in [0.29, 0.717) is 0 Å². The summed E-state index contributed by atoms with van der Waals surface area (Å²) in [5.41, 5.74) is 2.13. The number of benzene rings is 2. The van der Waals surface area contributed by atoms with Crippen LogP contribution in [0.15, 0.2) is 35.2 Å². The number of hydrogen-bond acceptors (Lipinski definition) is 3. The predicted molar refractivity (Wildman–Crippen MR) is 99.1 cm³/mol. The van der Waals surface area contributed by atoms with Crippen molar-refractivity contribution in [2.45, 2.75) is 31.6 Å². The summed E-state index contributed by atoms with van der Waals surface area (Å²) in [7, 11) is -2.45. The van der Waals surface area contributed by atoms with Gasteiger partial charge in [0.05, 0.1) is 22.8 Å². The highest BCUT2D eigenvalue weighted by molar-refractivity contribution is 7.92. The number of anilines is 1. The summed E-state index contributed by atoms with van der Waals surface area (Å²) in [5.74, 6) is 0.460. The molecule has 0 saturated heterocycles. The molecule has 2 rings (SSSR count). The summed E-state index contributed by atoms with van der Waals surface area (Å²) in [6.07, 6.45) is 0. The molecule has 2 aromatic carbocycles. The Hall–Kier alpha value is -1.43. The molecule has 4 nitrogen and oxygen atoms in total. The molecule has 0 fully saturated rings. The van der Waals surface area contributed by atoms with E-state index in [4.69, 9.17) is 27.9 Å². The fraction of sp³-hybridized carbons (Fsp3) is 0.294. The maximum Gasteiger partial charge on any atom is 0.265 e. The summed E-state index contributed by atoms with van der Waals surface area (Å²) in [4.78, 5) is 0.0651. The molecule has 0 aromatic heterocycles. The van der Waals surface area contributed by atoms with Gasteiger partial charge in [-0.25, -0.2) is 8.42 Å². The van der Waals surface area contributed by atoms with Crippen LogP contribution in [0.3, 0.4) is 0 Å². The average Bonchev–Trinajstić information content (AvgIpc) is 2.50. The van der Waals surface area contributed by atoms with Crippen molar-refractivity contribution >= 4 is 38.9 Å². The largest absolute Gasteiger partial charge is 0.495 e. The van der Waals surface area contributed by atoms with Crippen LogP contribution in [-0.2, 0) is 10.0 Å². The minimum Gasteiger partial charge on any atom is -0.495 e. The van der Waals surface area contributed by atoms with Gasteiger partial charge in [0.1, 0.15) is 10.6 Å². The first-order valence-corrected chi connectivity index (χ1v) is 9.56. The standard InChI is InChI=1S/C17H19Cl2NO3S/c1-10(2)12-9-16(15(23-4)8-11(12)3)24(21,22)20-14-7-5-6-13(18)17(14)19/h5-10,20H,1-4H3. The fourth-order valence-corrected chi connectivity index (χ4v) is 4.11. The first-order chi connectivity index (χ1) is 11.2. The maximum absolute atomic E-state index is 12.8. The number of rotatable bonds is 5. The molecule has 0 heterocycles. The molecule has 0 aliphatic rings. The highest BCUT2D eigenvalue weighted by Gasteiger charge is 2.23. The molecule has 0 aliphatic heterocycles. The van der Waals surface area contributed by atoms with Crippen molar-refractivity contribution in [2.24, 2.45) is 0 Å². The molecular weight excluding hydrogens is 369 g/mol. The van der Waals surface area contributed by atoms with E-state index in [1.54, 1.807) is 30.3 Å². The Balaban J connectivity index is 2.56. The molecule has 0 atom stereocenters. The lowest BCUT2D eigenvalue weighted by molar-refractivity contribution is 0.402. The minimum atomic E-state index is -3.89. The van der Waals surface area contributed by atoms with Gasteiger partial charge in [0.2, 0.25) is 0 Å². The third kappa shape index (κ3) is 3.79. The monoisotopic (exact) mass is 387 g/mol. The van der Waals surface area contributed by atoms with Crippen molar-refractivity contribution in [3.8, 4) is 5.75 Å². The molecule has 24 heavy (non-hydrogen) atoms. The van der Waals surface area contributed by atoms with Crippen LogP contribution in [0, 0.1) is 6.92 Å². The zero-order valence-corrected chi connectivity index (χ0v) is 16.2. The Kier molecular flexibility index (Phi) is 5.68. The van der Waals surface area contributed by atoms with E-state index < -0.39 is 10.0 Å². The Labute approximate surface area is 152 Å². The fourth-order valence-electron chi connectivity index (χ4n) is 2.45. The van der Waals surface area contributed by atoms with E-state index >= 15 is 0 Å². The van der Waals surface area contributed by atoms with Gasteiger partial charge >= 0.3 is 0 Å². The van der Waals surface area contributed by atoms with Crippen LogP contribution in [0.1, 0.15) is 30.9 Å². The molecule has 7 heteroatoms. The topological polar surface area (TPSA) is 55.4 Å². The van der Waals surface area contributed by atoms with Crippen molar-refractivity contribution in [1.29, 1.82) is 0 Å². The van der Waals surface area contributed by atoms with Gasteiger partial charge in [-0.1, -0.05) is 43.1 Å². The highest BCUT2D eigenvalue weighted by Crippen LogP contribution is 2.35. The number of hydrogen-bond donors (Lipinski definition) is 1. The molecule has 0 bridgehead atoms. The SMILES string of the molecule is COc1cc(C)c(C(C)C)cc1S(=O)(=O)Nc1cccc(Cl)c1Cl. The molecule has 2 aromatic rings. The second kappa shape index (κ2) is 7.21. The summed E-state index contributed by atoms with van der Waals surface area (Å²) >= 11 is 12.0. The lowest BCUT2D eigenvalue weighted by atomic mass is 9.98. The maximum atomic E-state index is 12.8. The van der Waals surface area contributed by atoms with E-state index in [9.17, 15) is 8.42 Å². The summed E-state index contributed by atoms with van der Waals surface area (Å²) in [6.45, 7) is 5.94. The molecule has 0 spiro atoms. The van der Waals surface area contributed by atoms with E-state index in [1.807, 2.05) is 20.8 Å². The van der Waals surface area contributed by atoms with Gasteiger partial charge in [0.15, 0.2) is 0 Å². The molecule has 1 N–H and O–H groups in total. The predicted octanol–water partition coefficient (Wildman–Crippen LogP) is 5.23. The average molecular weight is 388 g/mol. The summed E-state index contributed by atoms with van der Waals surface area (Å²) in [6, 6.07) is 8.13. The summed E-state index contributed by atoms with van der Waals surface area (Å²) in [5, 5.41) is 0.425. The lowest BCUT2D eigenvalue weighted by Gasteiger charge is -2.17. The summed E-state index contributed by atoms with van der Waals surface area (Å²) < 4.78 is 33.4. The lowest BCUT2D eigenvalue weighted by Crippen LogP contribution is -2.15. The molecule has 0 amide bonds. The first kappa shape index (κ1) is 18.9. The molecule has 0 aliphatic carbocycles. The number of ether oxygens (including phenoxy) is 1. The van der Waals surface area contributed by atoms with Crippen LogP contribution in [-0.4, -0.2) is 15.5 Å². The van der Waals surface area contributed by atoms with Crippen LogP contribution in [0.5, 0.6) is 5.75 Å². The van der Waals surface area contributed by atoms with Crippen molar-refractivity contribution in [1.82, 2.24) is 0 Å².